The molecule has 0 radical (unpaired) electrons. The highest BCUT2D eigenvalue weighted by molar-refractivity contribution is 5.77. The van der Waals surface area contributed by atoms with Crippen molar-refractivity contribution in [3.05, 3.63) is 84.3 Å². The van der Waals surface area contributed by atoms with Gasteiger partial charge in [0.25, 0.3) is 5.91 Å². The lowest BCUT2D eigenvalue weighted by Gasteiger charge is -2.21. The zero-order valence-electron chi connectivity index (χ0n) is 13.5. The third-order valence-electron chi connectivity index (χ3n) is 3.55. The quantitative estimate of drug-likeness (QED) is 0.661. The van der Waals surface area contributed by atoms with Crippen LogP contribution < -0.4 is 4.74 Å². The number of benzene rings is 1. The average molecular weight is 340 g/mol. The van der Waals surface area contributed by atoms with Gasteiger partial charge in [-0.2, -0.15) is 0 Å². The Hall–Kier alpha value is -3.15. The van der Waals surface area contributed by atoms with E-state index in [1.165, 1.54) is 12.1 Å². The van der Waals surface area contributed by atoms with Crippen LogP contribution in [0.15, 0.2) is 71.5 Å². The van der Waals surface area contributed by atoms with Gasteiger partial charge < -0.3 is 14.1 Å². The van der Waals surface area contributed by atoms with Crippen molar-refractivity contribution in [1.82, 2.24) is 9.88 Å². The number of para-hydroxylation sites is 1. The molecule has 0 saturated heterocycles. The van der Waals surface area contributed by atoms with Crippen LogP contribution in [0.1, 0.15) is 11.5 Å². The SMILES string of the molecule is O=C(COc1ccccc1F)N(Cc1ccccn1)Cc1ccco1. The second-order valence-electron chi connectivity index (χ2n) is 5.37. The van der Waals surface area contributed by atoms with Crippen LogP contribution in [0.4, 0.5) is 4.39 Å². The molecule has 2 aromatic heterocycles. The summed E-state index contributed by atoms with van der Waals surface area (Å²) in [6.45, 7) is 0.318. The van der Waals surface area contributed by atoms with E-state index in [0.717, 1.165) is 5.69 Å². The number of aromatic nitrogens is 1. The van der Waals surface area contributed by atoms with Gasteiger partial charge in [0.15, 0.2) is 18.2 Å². The van der Waals surface area contributed by atoms with Gasteiger partial charge in [-0.25, -0.2) is 4.39 Å². The van der Waals surface area contributed by atoms with Crippen molar-refractivity contribution in [3.8, 4) is 5.75 Å². The molecule has 3 rings (SSSR count). The van der Waals surface area contributed by atoms with Crippen LogP contribution in [0, 0.1) is 5.82 Å². The number of furan rings is 1. The lowest BCUT2D eigenvalue weighted by atomic mass is 10.3. The number of nitrogens with zero attached hydrogens (tertiary/aromatic N) is 2. The summed E-state index contributed by atoms with van der Waals surface area (Å²) in [6.07, 6.45) is 3.22. The normalized spacial score (nSPS) is 10.4. The predicted octanol–water partition coefficient (Wildman–Crippen LogP) is 3.42. The van der Waals surface area contributed by atoms with E-state index < -0.39 is 5.82 Å². The molecule has 0 atom stereocenters. The highest BCUT2D eigenvalue weighted by Crippen LogP contribution is 2.16. The monoisotopic (exact) mass is 340 g/mol. The van der Waals surface area contributed by atoms with Gasteiger partial charge in [-0.1, -0.05) is 18.2 Å². The van der Waals surface area contributed by atoms with Crippen LogP contribution in [0.2, 0.25) is 0 Å². The number of carbonyl (C=O) groups is 1. The predicted molar refractivity (Wildman–Crippen MR) is 89.1 cm³/mol. The Balaban J connectivity index is 1.69. The van der Waals surface area contributed by atoms with E-state index in [0.29, 0.717) is 12.3 Å². The molecule has 0 saturated carbocycles. The molecule has 128 valence electrons. The van der Waals surface area contributed by atoms with Gasteiger partial charge in [0, 0.05) is 6.20 Å². The van der Waals surface area contributed by atoms with Crippen molar-refractivity contribution in [1.29, 1.82) is 0 Å². The zero-order chi connectivity index (χ0) is 17.5. The first-order valence-corrected chi connectivity index (χ1v) is 7.80. The summed E-state index contributed by atoms with van der Waals surface area (Å²) in [4.78, 5) is 18.4. The number of hydrogen-bond acceptors (Lipinski definition) is 4. The molecule has 0 fully saturated rings. The third kappa shape index (κ3) is 4.67. The molecule has 0 aliphatic heterocycles. The summed E-state index contributed by atoms with van der Waals surface area (Å²) < 4.78 is 24.3. The molecule has 0 unspecified atom stereocenters. The first kappa shape index (κ1) is 16.7. The van der Waals surface area contributed by atoms with Crippen LogP contribution in [-0.4, -0.2) is 22.4 Å². The second kappa shape index (κ2) is 8.10. The molecule has 2 heterocycles. The van der Waals surface area contributed by atoms with Gasteiger partial charge in [0.1, 0.15) is 5.76 Å². The van der Waals surface area contributed by atoms with E-state index in [-0.39, 0.29) is 24.8 Å². The third-order valence-corrected chi connectivity index (χ3v) is 3.55. The largest absolute Gasteiger partial charge is 0.481 e. The molecular formula is C19H17FN2O3. The van der Waals surface area contributed by atoms with Crippen molar-refractivity contribution >= 4 is 5.91 Å². The molecule has 3 aromatic rings. The minimum Gasteiger partial charge on any atom is -0.481 e. The summed E-state index contributed by atoms with van der Waals surface area (Å²) in [5, 5.41) is 0. The van der Waals surface area contributed by atoms with Crippen molar-refractivity contribution < 1.29 is 18.3 Å². The maximum Gasteiger partial charge on any atom is 0.261 e. The minimum absolute atomic E-state index is 0.0478. The topological polar surface area (TPSA) is 55.6 Å². The minimum atomic E-state index is -0.502. The highest BCUT2D eigenvalue weighted by atomic mass is 19.1. The van der Waals surface area contributed by atoms with Gasteiger partial charge >= 0.3 is 0 Å². The molecular weight excluding hydrogens is 323 g/mol. The maximum absolute atomic E-state index is 13.6. The summed E-state index contributed by atoms with van der Waals surface area (Å²) in [5.74, 6) is -0.0928. The lowest BCUT2D eigenvalue weighted by Crippen LogP contribution is -2.34. The van der Waals surface area contributed by atoms with Crippen LogP contribution in [0.3, 0.4) is 0 Å². The van der Waals surface area contributed by atoms with E-state index in [4.69, 9.17) is 9.15 Å². The Morgan fingerprint density at radius 1 is 1.08 bits per heavy atom. The second-order valence-corrected chi connectivity index (χ2v) is 5.37. The molecule has 0 spiro atoms. The number of halogens is 1. The zero-order valence-corrected chi connectivity index (χ0v) is 13.5. The fourth-order valence-electron chi connectivity index (χ4n) is 2.30. The summed E-state index contributed by atoms with van der Waals surface area (Å²) in [7, 11) is 0. The molecule has 0 aliphatic rings. The van der Waals surface area contributed by atoms with E-state index in [1.807, 2.05) is 18.2 Å². The Kier molecular flexibility index (Phi) is 5.41. The van der Waals surface area contributed by atoms with E-state index in [1.54, 1.807) is 41.6 Å². The highest BCUT2D eigenvalue weighted by Gasteiger charge is 2.18. The number of carbonyl (C=O) groups excluding carboxylic acids is 1. The van der Waals surface area contributed by atoms with Crippen LogP contribution >= 0.6 is 0 Å². The molecule has 0 aliphatic carbocycles. The molecule has 1 aromatic carbocycles. The van der Waals surface area contributed by atoms with Gasteiger partial charge in [0.05, 0.1) is 25.0 Å². The van der Waals surface area contributed by atoms with Gasteiger partial charge in [-0.05, 0) is 36.4 Å². The van der Waals surface area contributed by atoms with Gasteiger partial charge in [-0.3, -0.25) is 9.78 Å². The molecule has 1 amide bonds. The molecule has 0 N–H and O–H groups in total. The van der Waals surface area contributed by atoms with Crippen molar-refractivity contribution in [3.63, 3.8) is 0 Å². The van der Waals surface area contributed by atoms with Gasteiger partial charge in [-0.15, -0.1) is 0 Å². The summed E-state index contributed by atoms with van der Waals surface area (Å²) in [5.41, 5.74) is 0.744. The molecule has 5 nitrogen and oxygen atoms in total. The van der Waals surface area contributed by atoms with E-state index in [2.05, 4.69) is 4.98 Å². The number of rotatable bonds is 7. The number of ether oxygens (including phenoxy) is 1. The molecule has 6 heteroatoms. The van der Waals surface area contributed by atoms with Crippen molar-refractivity contribution in [2.45, 2.75) is 13.1 Å². The fourth-order valence-corrected chi connectivity index (χ4v) is 2.30. The summed E-state index contributed by atoms with van der Waals surface area (Å²) in [6, 6.07) is 15.0. The Labute approximate surface area is 144 Å². The lowest BCUT2D eigenvalue weighted by molar-refractivity contribution is -0.135. The number of pyridine rings is 1. The van der Waals surface area contributed by atoms with Crippen LogP contribution in [0.25, 0.3) is 0 Å². The Morgan fingerprint density at radius 3 is 2.64 bits per heavy atom. The van der Waals surface area contributed by atoms with Crippen molar-refractivity contribution in [2.24, 2.45) is 0 Å². The first-order chi connectivity index (χ1) is 12.2. The standard InChI is InChI=1S/C19H17FN2O3/c20-17-8-1-2-9-18(17)25-14-19(23)22(13-16-7-5-11-24-16)12-15-6-3-4-10-21-15/h1-11H,12-14H2. The van der Waals surface area contributed by atoms with Gasteiger partial charge in [0.2, 0.25) is 0 Å². The fraction of sp³-hybridized carbons (Fsp3) is 0.158. The Morgan fingerprint density at radius 2 is 1.92 bits per heavy atom. The maximum atomic E-state index is 13.6. The first-order valence-electron chi connectivity index (χ1n) is 7.80. The van der Waals surface area contributed by atoms with E-state index in [9.17, 15) is 9.18 Å². The van der Waals surface area contributed by atoms with E-state index >= 15 is 0 Å². The Bertz CT molecular complexity index is 807. The smallest absolute Gasteiger partial charge is 0.261 e. The van der Waals surface area contributed by atoms with Crippen molar-refractivity contribution in [2.75, 3.05) is 6.61 Å². The van der Waals surface area contributed by atoms with Crippen LogP contribution in [-0.2, 0) is 17.9 Å². The average Bonchev–Trinajstić information content (AvgIpc) is 3.14. The van der Waals surface area contributed by atoms with Crippen LogP contribution in [0.5, 0.6) is 5.75 Å². The number of amides is 1. The summed E-state index contributed by atoms with van der Waals surface area (Å²) >= 11 is 0. The molecule has 25 heavy (non-hydrogen) atoms. The molecule has 0 bridgehead atoms. The number of hydrogen-bond donors (Lipinski definition) is 0.